The molecule has 70 valence electrons. The van der Waals surface area contributed by atoms with Crippen molar-refractivity contribution in [3.63, 3.8) is 0 Å². The van der Waals surface area contributed by atoms with Gasteiger partial charge in [0.2, 0.25) is 5.82 Å². The van der Waals surface area contributed by atoms with Crippen molar-refractivity contribution in [1.29, 1.82) is 0 Å². The predicted molar refractivity (Wildman–Crippen MR) is 47.0 cm³/mol. The lowest BCUT2D eigenvalue weighted by Crippen LogP contribution is -2.00. The molecule has 6 nitrogen and oxygen atoms in total. The zero-order chi connectivity index (χ0) is 9.42. The standard InChI is InChI=1S/C7H11N5O/c1-3-13-7-5(8)6-10-9-4(2)12(6)11-7/h4H,3,8H2,1-2H3. The molecule has 1 aromatic heterocycles. The van der Waals surface area contributed by atoms with Crippen molar-refractivity contribution in [3.05, 3.63) is 0 Å². The molecule has 1 aliphatic heterocycles. The summed E-state index contributed by atoms with van der Waals surface area (Å²) in [6.45, 7) is 4.32. The molecule has 2 rings (SSSR count). The summed E-state index contributed by atoms with van der Waals surface area (Å²) in [5.41, 5.74) is 6.21. The highest BCUT2D eigenvalue weighted by Crippen LogP contribution is 2.38. The number of nitrogen functional groups attached to an aromatic ring is 1. The maximum Gasteiger partial charge on any atom is 0.258 e. The minimum absolute atomic E-state index is 0.0773. The number of azo groups is 1. The second-order valence-electron chi connectivity index (χ2n) is 2.77. The van der Waals surface area contributed by atoms with Gasteiger partial charge in [-0.15, -0.1) is 10.2 Å². The van der Waals surface area contributed by atoms with Crippen LogP contribution < -0.4 is 10.5 Å². The SMILES string of the molecule is CCOc1nn2c(c1N)N=NC2C. The van der Waals surface area contributed by atoms with Crippen LogP contribution in [0.2, 0.25) is 0 Å². The van der Waals surface area contributed by atoms with Gasteiger partial charge in [-0.3, -0.25) is 0 Å². The summed E-state index contributed by atoms with van der Waals surface area (Å²) >= 11 is 0. The number of ether oxygens (including phenoxy) is 1. The molecular formula is C7H11N5O. The number of nitrogens with two attached hydrogens (primary N) is 1. The Hall–Kier alpha value is -1.59. The van der Waals surface area contributed by atoms with Crippen LogP contribution in [-0.2, 0) is 0 Å². The van der Waals surface area contributed by atoms with E-state index in [1.54, 1.807) is 4.68 Å². The van der Waals surface area contributed by atoms with Gasteiger partial charge in [-0.05, 0) is 13.8 Å². The molecule has 6 heteroatoms. The van der Waals surface area contributed by atoms with Crippen molar-refractivity contribution in [2.24, 2.45) is 10.2 Å². The third-order valence-corrected chi connectivity index (χ3v) is 1.84. The third kappa shape index (κ3) is 1.06. The summed E-state index contributed by atoms with van der Waals surface area (Å²) in [6, 6.07) is 0. The minimum Gasteiger partial charge on any atom is -0.475 e. The summed E-state index contributed by atoms with van der Waals surface area (Å²) in [6.07, 6.45) is -0.0773. The lowest BCUT2D eigenvalue weighted by Gasteiger charge is -1.99. The van der Waals surface area contributed by atoms with Crippen LogP contribution in [0.15, 0.2) is 10.2 Å². The Labute approximate surface area is 75.4 Å². The molecule has 0 saturated heterocycles. The fourth-order valence-corrected chi connectivity index (χ4v) is 1.21. The van der Waals surface area contributed by atoms with E-state index in [-0.39, 0.29) is 6.17 Å². The number of nitrogens with zero attached hydrogens (tertiary/aromatic N) is 4. The van der Waals surface area contributed by atoms with E-state index >= 15 is 0 Å². The van der Waals surface area contributed by atoms with Crippen molar-refractivity contribution in [2.45, 2.75) is 20.0 Å². The summed E-state index contributed by atoms with van der Waals surface area (Å²) in [7, 11) is 0. The van der Waals surface area contributed by atoms with Crippen molar-refractivity contribution in [3.8, 4) is 5.88 Å². The summed E-state index contributed by atoms with van der Waals surface area (Å²) in [4.78, 5) is 0. The first-order valence-corrected chi connectivity index (χ1v) is 4.15. The minimum atomic E-state index is -0.0773. The van der Waals surface area contributed by atoms with E-state index in [2.05, 4.69) is 15.3 Å². The molecule has 0 bridgehead atoms. The lowest BCUT2D eigenvalue weighted by molar-refractivity contribution is 0.320. The molecule has 1 aromatic rings. The highest BCUT2D eigenvalue weighted by molar-refractivity contribution is 5.65. The molecule has 0 saturated carbocycles. The third-order valence-electron chi connectivity index (χ3n) is 1.84. The molecule has 0 aliphatic carbocycles. The molecule has 1 atom stereocenters. The average Bonchev–Trinajstić information content (AvgIpc) is 2.59. The largest absolute Gasteiger partial charge is 0.475 e. The van der Waals surface area contributed by atoms with Crippen LogP contribution in [0.3, 0.4) is 0 Å². The fourth-order valence-electron chi connectivity index (χ4n) is 1.21. The van der Waals surface area contributed by atoms with Crippen LogP contribution in [-0.4, -0.2) is 16.4 Å². The van der Waals surface area contributed by atoms with Crippen molar-refractivity contribution in [1.82, 2.24) is 9.78 Å². The highest BCUT2D eigenvalue weighted by Gasteiger charge is 2.23. The predicted octanol–water partition coefficient (Wildman–Crippen LogP) is 1.48. The van der Waals surface area contributed by atoms with Gasteiger partial charge in [0.15, 0.2) is 6.17 Å². The number of anilines is 1. The second-order valence-corrected chi connectivity index (χ2v) is 2.77. The summed E-state index contributed by atoms with van der Waals surface area (Å²) < 4.78 is 6.88. The average molecular weight is 181 g/mol. The molecule has 0 amide bonds. The van der Waals surface area contributed by atoms with Crippen LogP contribution in [0.5, 0.6) is 5.88 Å². The van der Waals surface area contributed by atoms with Crippen molar-refractivity contribution < 1.29 is 4.74 Å². The monoisotopic (exact) mass is 181 g/mol. The van der Waals surface area contributed by atoms with Crippen LogP contribution >= 0.6 is 0 Å². The Morgan fingerprint density at radius 3 is 3.00 bits per heavy atom. The van der Waals surface area contributed by atoms with E-state index in [0.717, 1.165) is 0 Å². The molecule has 0 radical (unpaired) electrons. The quantitative estimate of drug-likeness (QED) is 0.750. The van der Waals surface area contributed by atoms with Gasteiger partial charge in [0.05, 0.1) is 6.61 Å². The van der Waals surface area contributed by atoms with Gasteiger partial charge in [-0.25, -0.2) is 4.68 Å². The van der Waals surface area contributed by atoms with Crippen molar-refractivity contribution in [2.75, 3.05) is 12.3 Å². The molecule has 1 aliphatic rings. The van der Waals surface area contributed by atoms with E-state index in [0.29, 0.717) is 24.0 Å². The zero-order valence-electron chi connectivity index (χ0n) is 7.56. The highest BCUT2D eigenvalue weighted by atomic mass is 16.5. The lowest BCUT2D eigenvalue weighted by atomic mass is 10.5. The van der Waals surface area contributed by atoms with E-state index in [4.69, 9.17) is 10.5 Å². The molecule has 0 aromatic carbocycles. The Balaban J connectivity index is 2.42. The second kappa shape index (κ2) is 2.72. The van der Waals surface area contributed by atoms with Crippen LogP contribution in [0.1, 0.15) is 20.0 Å². The Morgan fingerprint density at radius 1 is 1.62 bits per heavy atom. The number of aromatic nitrogens is 2. The van der Waals surface area contributed by atoms with Gasteiger partial charge in [0.1, 0.15) is 5.69 Å². The Kier molecular flexibility index (Phi) is 1.68. The van der Waals surface area contributed by atoms with Gasteiger partial charge in [0, 0.05) is 0 Å². The van der Waals surface area contributed by atoms with Gasteiger partial charge in [-0.1, -0.05) is 0 Å². The first-order valence-electron chi connectivity index (χ1n) is 4.15. The zero-order valence-corrected chi connectivity index (χ0v) is 7.56. The number of rotatable bonds is 2. The fraction of sp³-hybridized carbons (Fsp3) is 0.571. The molecule has 2 heterocycles. The van der Waals surface area contributed by atoms with Gasteiger partial charge in [0.25, 0.3) is 5.88 Å². The number of hydrogen-bond donors (Lipinski definition) is 1. The van der Waals surface area contributed by atoms with E-state index in [1.165, 1.54) is 0 Å². The van der Waals surface area contributed by atoms with Crippen molar-refractivity contribution >= 4 is 11.5 Å². The van der Waals surface area contributed by atoms with Crippen LogP contribution in [0.4, 0.5) is 11.5 Å². The number of hydrogen-bond acceptors (Lipinski definition) is 5. The summed E-state index contributed by atoms with van der Waals surface area (Å²) in [5, 5.41) is 12.0. The maximum absolute atomic E-state index is 5.74. The molecule has 2 N–H and O–H groups in total. The van der Waals surface area contributed by atoms with E-state index < -0.39 is 0 Å². The molecule has 0 spiro atoms. The van der Waals surface area contributed by atoms with E-state index in [9.17, 15) is 0 Å². The van der Waals surface area contributed by atoms with Crippen LogP contribution in [0, 0.1) is 0 Å². The smallest absolute Gasteiger partial charge is 0.258 e. The number of fused-ring (bicyclic) bond motifs is 1. The Bertz CT molecular complexity index is 356. The normalized spacial score (nSPS) is 19.1. The maximum atomic E-state index is 5.74. The van der Waals surface area contributed by atoms with Gasteiger partial charge in [-0.2, -0.15) is 5.11 Å². The molecule has 0 fully saturated rings. The van der Waals surface area contributed by atoms with E-state index in [1.807, 2.05) is 13.8 Å². The van der Waals surface area contributed by atoms with Crippen LogP contribution in [0.25, 0.3) is 0 Å². The van der Waals surface area contributed by atoms with Gasteiger partial charge >= 0.3 is 0 Å². The Morgan fingerprint density at radius 2 is 2.38 bits per heavy atom. The first-order chi connectivity index (χ1) is 6.24. The molecule has 13 heavy (non-hydrogen) atoms. The molecular weight excluding hydrogens is 170 g/mol. The topological polar surface area (TPSA) is 77.8 Å². The first kappa shape index (κ1) is 8.03. The van der Waals surface area contributed by atoms with Gasteiger partial charge < -0.3 is 10.5 Å². The summed E-state index contributed by atoms with van der Waals surface area (Å²) in [5.74, 6) is 1.04. The molecule has 1 unspecified atom stereocenters.